The SMILES string of the molecule is Fc1cc(OCc2ccc(Br)cc2Cl)c(Br)cc1Cl. The Morgan fingerprint density at radius 1 is 1.05 bits per heavy atom. The first-order chi connectivity index (χ1) is 8.97. The lowest BCUT2D eigenvalue weighted by Crippen LogP contribution is -1.97. The highest BCUT2D eigenvalue weighted by Gasteiger charge is 2.09. The van der Waals surface area contributed by atoms with Gasteiger partial charge in [-0.3, -0.25) is 0 Å². The van der Waals surface area contributed by atoms with E-state index in [0.717, 1.165) is 10.0 Å². The second kappa shape index (κ2) is 6.44. The first-order valence-corrected chi connectivity index (χ1v) is 7.53. The fraction of sp³-hybridized carbons (Fsp3) is 0.0769. The van der Waals surface area contributed by atoms with Gasteiger partial charge in [-0.15, -0.1) is 0 Å². The van der Waals surface area contributed by atoms with Crippen molar-refractivity contribution in [2.45, 2.75) is 6.61 Å². The number of hydrogen-bond acceptors (Lipinski definition) is 1. The Labute approximate surface area is 136 Å². The van der Waals surface area contributed by atoms with E-state index in [2.05, 4.69) is 31.9 Å². The van der Waals surface area contributed by atoms with Crippen molar-refractivity contribution >= 4 is 55.1 Å². The number of halogens is 5. The molecule has 0 saturated heterocycles. The maximum Gasteiger partial charge on any atom is 0.145 e. The summed E-state index contributed by atoms with van der Waals surface area (Å²) in [6.07, 6.45) is 0. The number of hydrogen-bond donors (Lipinski definition) is 0. The minimum Gasteiger partial charge on any atom is -0.488 e. The van der Waals surface area contributed by atoms with Gasteiger partial charge in [0.2, 0.25) is 0 Å². The van der Waals surface area contributed by atoms with Crippen LogP contribution in [0.5, 0.6) is 5.75 Å². The van der Waals surface area contributed by atoms with E-state index < -0.39 is 5.82 Å². The summed E-state index contributed by atoms with van der Waals surface area (Å²) < 4.78 is 20.4. The minimum atomic E-state index is -0.526. The van der Waals surface area contributed by atoms with E-state index in [9.17, 15) is 4.39 Å². The topological polar surface area (TPSA) is 9.23 Å². The third kappa shape index (κ3) is 3.85. The maximum atomic E-state index is 13.4. The molecule has 0 aliphatic carbocycles. The van der Waals surface area contributed by atoms with Gasteiger partial charge in [0.1, 0.15) is 18.2 Å². The van der Waals surface area contributed by atoms with Crippen LogP contribution in [0.1, 0.15) is 5.56 Å². The normalized spacial score (nSPS) is 10.6. The Balaban J connectivity index is 2.16. The van der Waals surface area contributed by atoms with E-state index in [4.69, 9.17) is 27.9 Å². The van der Waals surface area contributed by atoms with Crippen LogP contribution >= 0.6 is 55.1 Å². The Morgan fingerprint density at radius 2 is 1.79 bits per heavy atom. The average Bonchev–Trinajstić information content (AvgIpc) is 2.34. The lowest BCUT2D eigenvalue weighted by molar-refractivity contribution is 0.302. The number of benzene rings is 2. The van der Waals surface area contributed by atoms with Gasteiger partial charge in [-0.1, -0.05) is 45.2 Å². The molecular weight excluding hydrogens is 422 g/mol. The second-order valence-electron chi connectivity index (χ2n) is 3.72. The van der Waals surface area contributed by atoms with Crippen molar-refractivity contribution in [1.29, 1.82) is 0 Å². The summed E-state index contributed by atoms with van der Waals surface area (Å²) in [7, 11) is 0. The van der Waals surface area contributed by atoms with Crippen LogP contribution in [-0.2, 0) is 6.61 Å². The monoisotopic (exact) mass is 426 g/mol. The highest BCUT2D eigenvalue weighted by atomic mass is 79.9. The zero-order valence-corrected chi connectivity index (χ0v) is 14.1. The summed E-state index contributed by atoms with van der Waals surface area (Å²) in [6, 6.07) is 8.17. The van der Waals surface area contributed by atoms with Crippen LogP contribution < -0.4 is 4.74 Å². The van der Waals surface area contributed by atoms with Crippen LogP contribution in [0.4, 0.5) is 4.39 Å². The van der Waals surface area contributed by atoms with Gasteiger partial charge in [0.25, 0.3) is 0 Å². The predicted octanol–water partition coefficient (Wildman–Crippen LogP) is 6.24. The lowest BCUT2D eigenvalue weighted by atomic mass is 10.2. The summed E-state index contributed by atoms with van der Waals surface area (Å²) in [5.41, 5.74) is 0.812. The van der Waals surface area contributed by atoms with Gasteiger partial charge >= 0.3 is 0 Å². The van der Waals surface area contributed by atoms with Gasteiger partial charge in [-0.2, -0.15) is 0 Å². The molecule has 0 heterocycles. The van der Waals surface area contributed by atoms with Crippen molar-refractivity contribution in [1.82, 2.24) is 0 Å². The summed E-state index contributed by atoms with van der Waals surface area (Å²) in [5, 5.41) is 0.626. The Hall–Kier alpha value is -0.290. The van der Waals surface area contributed by atoms with Gasteiger partial charge in [-0.05, 0) is 34.1 Å². The van der Waals surface area contributed by atoms with E-state index in [0.29, 0.717) is 15.2 Å². The van der Waals surface area contributed by atoms with Crippen LogP contribution in [-0.4, -0.2) is 0 Å². The first kappa shape index (κ1) is 15.1. The summed E-state index contributed by atoms with van der Waals surface area (Å²) >= 11 is 18.3. The lowest BCUT2D eigenvalue weighted by Gasteiger charge is -2.10. The van der Waals surface area contributed by atoms with Crippen LogP contribution in [0.25, 0.3) is 0 Å². The van der Waals surface area contributed by atoms with E-state index >= 15 is 0 Å². The maximum absolute atomic E-state index is 13.4. The molecule has 0 fully saturated rings. The van der Waals surface area contributed by atoms with Crippen molar-refractivity contribution in [3.63, 3.8) is 0 Å². The standard InChI is InChI=1S/C13H7Br2Cl2FO/c14-8-2-1-7(10(16)3-8)6-19-13-5-12(18)11(17)4-9(13)15/h1-5H,6H2. The Kier molecular flexibility index (Phi) is 5.12. The molecule has 0 bridgehead atoms. The van der Waals surface area contributed by atoms with E-state index in [-0.39, 0.29) is 11.6 Å². The number of rotatable bonds is 3. The van der Waals surface area contributed by atoms with Gasteiger partial charge in [0.05, 0.1) is 9.50 Å². The molecule has 0 amide bonds. The second-order valence-corrected chi connectivity index (χ2v) is 6.31. The van der Waals surface area contributed by atoms with E-state index in [1.165, 1.54) is 12.1 Å². The molecule has 0 atom stereocenters. The smallest absolute Gasteiger partial charge is 0.145 e. The molecule has 6 heteroatoms. The molecule has 2 aromatic rings. The predicted molar refractivity (Wildman–Crippen MR) is 82.6 cm³/mol. The highest BCUT2D eigenvalue weighted by molar-refractivity contribution is 9.10. The molecule has 2 rings (SSSR count). The van der Waals surface area contributed by atoms with Crippen LogP contribution in [0, 0.1) is 5.82 Å². The average molecular weight is 429 g/mol. The molecule has 0 radical (unpaired) electrons. The molecular formula is C13H7Br2Cl2FO. The molecule has 0 unspecified atom stereocenters. The molecule has 0 aliphatic heterocycles. The van der Waals surface area contributed by atoms with Crippen molar-refractivity contribution in [2.75, 3.05) is 0 Å². The highest BCUT2D eigenvalue weighted by Crippen LogP contribution is 2.31. The minimum absolute atomic E-state index is 0.0425. The Morgan fingerprint density at radius 3 is 2.47 bits per heavy atom. The van der Waals surface area contributed by atoms with Crippen molar-refractivity contribution in [3.8, 4) is 5.75 Å². The van der Waals surface area contributed by atoms with Gasteiger partial charge in [0, 0.05) is 21.1 Å². The fourth-order valence-electron chi connectivity index (χ4n) is 1.41. The molecule has 1 nitrogen and oxygen atoms in total. The van der Waals surface area contributed by atoms with Crippen LogP contribution in [0.15, 0.2) is 39.3 Å². The third-order valence-electron chi connectivity index (χ3n) is 2.37. The first-order valence-electron chi connectivity index (χ1n) is 5.18. The zero-order valence-electron chi connectivity index (χ0n) is 9.39. The van der Waals surface area contributed by atoms with Crippen LogP contribution in [0.3, 0.4) is 0 Å². The van der Waals surface area contributed by atoms with Crippen molar-refractivity contribution < 1.29 is 9.13 Å². The molecule has 0 saturated carbocycles. The fourth-order valence-corrected chi connectivity index (χ4v) is 2.89. The molecule has 0 N–H and O–H groups in total. The molecule has 2 aromatic carbocycles. The molecule has 0 spiro atoms. The van der Waals surface area contributed by atoms with Crippen molar-refractivity contribution in [2.24, 2.45) is 0 Å². The third-order valence-corrected chi connectivity index (χ3v) is 4.13. The summed E-state index contributed by atoms with van der Waals surface area (Å²) in [5.74, 6) is -0.150. The van der Waals surface area contributed by atoms with Crippen molar-refractivity contribution in [3.05, 3.63) is 60.7 Å². The van der Waals surface area contributed by atoms with Gasteiger partial charge < -0.3 is 4.74 Å². The van der Waals surface area contributed by atoms with Gasteiger partial charge in [-0.25, -0.2) is 4.39 Å². The molecule has 0 aliphatic rings. The van der Waals surface area contributed by atoms with Crippen LogP contribution in [0.2, 0.25) is 10.0 Å². The number of ether oxygens (including phenoxy) is 1. The molecule has 19 heavy (non-hydrogen) atoms. The molecule has 0 aromatic heterocycles. The molecule has 100 valence electrons. The summed E-state index contributed by atoms with van der Waals surface area (Å²) in [6.45, 7) is 0.242. The Bertz CT molecular complexity index is 620. The largest absolute Gasteiger partial charge is 0.488 e. The van der Waals surface area contributed by atoms with E-state index in [1.54, 1.807) is 6.07 Å². The van der Waals surface area contributed by atoms with Gasteiger partial charge in [0.15, 0.2) is 0 Å². The zero-order chi connectivity index (χ0) is 14.0. The summed E-state index contributed by atoms with van der Waals surface area (Å²) in [4.78, 5) is 0. The van der Waals surface area contributed by atoms with E-state index in [1.807, 2.05) is 12.1 Å². The quantitative estimate of drug-likeness (QED) is 0.526.